The summed E-state index contributed by atoms with van der Waals surface area (Å²) < 4.78 is 4.65. The van der Waals surface area contributed by atoms with Crippen molar-refractivity contribution in [3.05, 3.63) is 34.9 Å². The molecule has 0 unspecified atom stereocenters. The van der Waals surface area contributed by atoms with Gasteiger partial charge in [0.15, 0.2) is 0 Å². The topological polar surface area (TPSA) is 43.4 Å². The molecule has 0 fully saturated rings. The van der Waals surface area contributed by atoms with Gasteiger partial charge in [0.1, 0.15) is 5.78 Å². The van der Waals surface area contributed by atoms with Crippen molar-refractivity contribution in [1.82, 2.24) is 0 Å². The van der Waals surface area contributed by atoms with Gasteiger partial charge in [0.25, 0.3) is 0 Å². The molecule has 0 amide bonds. The van der Waals surface area contributed by atoms with E-state index in [4.69, 9.17) is 0 Å². The molecule has 0 aliphatic rings. The summed E-state index contributed by atoms with van der Waals surface area (Å²) >= 11 is 3.12. The van der Waals surface area contributed by atoms with E-state index in [-0.39, 0.29) is 11.8 Å². The highest BCUT2D eigenvalue weighted by Gasteiger charge is 2.10. The molecule has 0 heterocycles. The first-order valence-electron chi connectivity index (χ1n) is 4.84. The van der Waals surface area contributed by atoms with Crippen molar-refractivity contribution in [2.45, 2.75) is 13.3 Å². The zero-order valence-electron chi connectivity index (χ0n) is 9.25. The number of Topliss-reactive ketones (excluding diaryl/α,β-unsaturated/α-hetero) is 1. The van der Waals surface area contributed by atoms with E-state index in [1.807, 2.05) is 13.0 Å². The number of ether oxygens (including phenoxy) is 1. The van der Waals surface area contributed by atoms with Crippen molar-refractivity contribution >= 4 is 27.7 Å². The summed E-state index contributed by atoms with van der Waals surface area (Å²) in [6, 6.07) is 5.31. The van der Waals surface area contributed by atoms with Gasteiger partial charge in [-0.1, -0.05) is 28.1 Å². The number of carbonyl (C=O) groups excluding carboxylic acids is 2. The maximum atomic E-state index is 11.3. The first-order valence-corrected chi connectivity index (χ1v) is 5.96. The predicted octanol–water partition coefficient (Wildman–Crippen LogP) is 2.29. The van der Waals surface area contributed by atoms with Gasteiger partial charge in [-0.3, -0.25) is 4.79 Å². The Hall–Kier alpha value is -1.16. The molecule has 0 saturated heterocycles. The summed E-state index contributed by atoms with van der Waals surface area (Å²) in [6.07, 6.45) is 0.382. The molecule has 86 valence electrons. The van der Waals surface area contributed by atoms with E-state index in [1.54, 1.807) is 12.1 Å². The Labute approximate surface area is 103 Å². The first-order chi connectivity index (χ1) is 7.58. The zero-order valence-corrected chi connectivity index (χ0v) is 10.8. The minimum absolute atomic E-state index is 0.116. The normalized spacial score (nSPS) is 9.94. The number of rotatable bonds is 4. The van der Waals surface area contributed by atoms with E-state index >= 15 is 0 Å². The van der Waals surface area contributed by atoms with Crippen LogP contribution in [0, 0.1) is 6.92 Å². The van der Waals surface area contributed by atoms with Crippen LogP contribution in [-0.2, 0) is 16.0 Å². The number of esters is 1. The standard InChI is InChI=1S/C12H13BrO3/c1-8-5-9(6-10(14)7-13)3-4-11(8)12(15)16-2/h3-5H,6-7H2,1-2H3. The highest BCUT2D eigenvalue weighted by Crippen LogP contribution is 2.13. The van der Waals surface area contributed by atoms with E-state index in [2.05, 4.69) is 20.7 Å². The fourth-order valence-electron chi connectivity index (χ4n) is 1.45. The molecular weight excluding hydrogens is 272 g/mol. The zero-order chi connectivity index (χ0) is 12.1. The molecule has 0 aliphatic carbocycles. The summed E-state index contributed by atoms with van der Waals surface area (Å²) in [4.78, 5) is 22.6. The lowest BCUT2D eigenvalue weighted by molar-refractivity contribution is -0.115. The van der Waals surface area contributed by atoms with Crippen molar-refractivity contribution in [2.75, 3.05) is 12.4 Å². The van der Waals surface area contributed by atoms with Gasteiger partial charge in [0.05, 0.1) is 18.0 Å². The van der Waals surface area contributed by atoms with Crippen molar-refractivity contribution in [3.8, 4) is 0 Å². The number of alkyl halides is 1. The number of carbonyl (C=O) groups is 2. The van der Waals surface area contributed by atoms with Gasteiger partial charge < -0.3 is 4.74 Å². The number of hydrogen-bond donors (Lipinski definition) is 0. The summed E-state index contributed by atoms with van der Waals surface area (Å²) in [5.74, 6) is -0.235. The van der Waals surface area contributed by atoms with Gasteiger partial charge in [0, 0.05) is 6.42 Å². The third-order valence-electron chi connectivity index (χ3n) is 2.25. The van der Waals surface area contributed by atoms with E-state index in [0.717, 1.165) is 11.1 Å². The van der Waals surface area contributed by atoms with Gasteiger partial charge in [-0.05, 0) is 24.1 Å². The van der Waals surface area contributed by atoms with Crippen molar-refractivity contribution in [2.24, 2.45) is 0 Å². The Morgan fingerprint density at radius 1 is 1.38 bits per heavy atom. The number of aryl methyl sites for hydroxylation is 1. The number of ketones is 1. The molecule has 0 N–H and O–H groups in total. The molecule has 0 saturated carbocycles. The highest BCUT2D eigenvalue weighted by molar-refractivity contribution is 9.09. The third kappa shape index (κ3) is 3.17. The van der Waals surface area contributed by atoms with Crippen LogP contribution in [0.2, 0.25) is 0 Å². The average Bonchev–Trinajstić information content (AvgIpc) is 2.28. The Bertz CT molecular complexity index is 413. The van der Waals surface area contributed by atoms with Gasteiger partial charge in [-0.15, -0.1) is 0 Å². The molecule has 4 heteroatoms. The maximum Gasteiger partial charge on any atom is 0.338 e. The summed E-state index contributed by atoms with van der Waals surface area (Å²) in [5.41, 5.74) is 2.28. The minimum Gasteiger partial charge on any atom is -0.465 e. The number of halogens is 1. The van der Waals surface area contributed by atoms with Gasteiger partial charge in [0.2, 0.25) is 0 Å². The second-order valence-electron chi connectivity index (χ2n) is 3.49. The number of hydrogen-bond acceptors (Lipinski definition) is 3. The molecule has 0 spiro atoms. The first kappa shape index (κ1) is 12.9. The largest absolute Gasteiger partial charge is 0.465 e. The lowest BCUT2D eigenvalue weighted by atomic mass is 10.0. The molecule has 1 rings (SSSR count). The van der Waals surface area contributed by atoms with Crippen LogP contribution in [0.15, 0.2) is 18.2 Å². The van der Waals surface area contributed by atoms with Crippen LogP contribution >= 0.6 is 15.9 Å². The minimum atomic E-state index is -0.351. The molecular formula is C12H13BrO3. The van der Waals surface area contributed by atoms with Gasteiger partial charge >= 0.3 is 5.97 Å². The highest BCUT2D eigenvalue weighted by atomic mass is 79.9. The Morgan fingerprint density at radius 3 is 2.56 bits per heavy atom. The number of benzene rings is 1. The molecule has 1 aromatic carbocycles. The fourth-order valence-corrected chi connectivity index (χ4v) is 1.65. The van der Waals surface area contributed by atoms with Crippen LogP contribution in [0.1, 0.15) is 21.5 Å². The quantitative estimate of drug-likeness (QED) is 0.629. The summed E-state index contributed by atoms with van der Waals surface area (Å²) in [5, 5.41) is 0.352. The Balaban J connectivity index is 2.91. The van der Waals surface area contributed by atoms with Crippen LogP contribution in [0.5, 0.6) is 0 Å². The van der Waals surface area contributed by atoms with Gasteiger partial charge in [-0.2, -0.15) is 0 Å². The molecule has 16 heavy (non-hydrogen) atoms. The number of methoxy groups -OCH3 is 1. The molecule has 1 aromatic rings. The van der Waals surface area contributed by atoms with Crippen LogP contribution in [-0.4, -0.2) is 24.2 Å². The molecule has 0 bridgehead atoms. The molecule has 0 aliphatic heterocycles. The van der Waals surface area contributed by atoms with E-state index in [1.165, 1.54) is 7.11 Å². The smallest absolute Gasteiger partial charge is 0.338 e. The molecule has 0 atom stereocenters. The van der Waals surface area contributed by atoms with Crippen LogP contribution in [0.4, 0.5) is 0 Å². The van der Waals surface area contributed by atoms with E-state index in [9.17, 15) is 9.59 Å². The third-order valence-corrected chi connectivity index (χ3v) is 2.87. The lowest BCUT2D eigenvalue weighted by Gasteiger charge is -2.06. The van der Waals surface area contributed by atoms with Crippen LogP contribution in [0.3, 0.4) is 0 Å². The average molecular weight is 285 g/mol. The van der Waals surface area contributed by atoms with Gasteiger partial charge in [-0.25, -0.2) is 4.79 Å². The Morgan fingerprint density at radius 2 is 2.06 bits per heavy atom. The van der Waals surface area contributed by atoms with Crippen molar-refractivity contribution in [3.63, 3.8) is 0 Å². The SMILES string of the molecule is COC(=O)c1ccc(CC(=O)CBr)cc1C. The molecule has 0 aromatic heterocycles. The summed E-state index contributed by atoms with van der Waals surface area (Å²) in [6.45, 7) is 1.83. The monoisotopic (exact) mass is 284 g/mol. The Kier molecular flexibility index (Phi) is 4.68. The van der Waals surface area contributed by atoms with E-state index in [0.29, 0.717) is 17.3 Å². The van der Waals surface area contributed by atoms with Crippen molar-refractivity contribution < 1.29 is 14.3 Å². The lowest BCUT2D eigenvalue weighted by Crippen LogP contribution is -2.07. The second kappa shape index (κ2) is 5.80. The fraction of sp³-hybridized carbons (Fsp3) is 0.333. The maximum absolute atomic E-state index is 11.3. The predicted molar refractivity (Wildman–Crippen MR) is 65.0 cm³/mol. The molecule has 3 nitrogen and oxygen atoms in total. The van der Waals surface area contributed by atoms with Crippen LogP contribution < -0.4 is 0 Å². The summed E-state index contributed by atoms with van der Waals surface area (Å²) in [7, 11) is 1.35. The van der Waals surface area contributed by atoms with Crippen molar-refractivity contribution in [1.29, 1.82) is 0 Å². The molecule has 0 radical (unpaired) electrons. The van der Waals surface area contributed by atoms with Crippen LogP contribution in [0.25, 0.3) is 0 Å². The second-order valence-corrected chi connectivity index (χ2v) is 4.05. The van der Waals surface area contributed by atoms with E-state index < -0.39 is 0 Å².